The summed E-state index contributed by atoms with van der Waals surface area (Å²) in [4.78, 5) is 6.92. The summed E-state index contributed by atoms with van der Waals surface area (Å²) >= 11 is 2.19. The normalized spacial score (nSPS) is 21.7. The van der Waals surface area contributed by atoms with Crippen LogP contribution in [-0.2, 0) is 13.0 Å². The van der Waals surface area contributed by atoms with Crippen LogP contribution in [0.2, 0.25) is 0 Å². The molecule has 0 aromatic carbocycles. The van der Waals surface area contributed by atoms with E-state index >= 15 is 0 Å². The molecule has 0 atom stereocenters. The van der Waals surface area contributed by atoms with Crippen LogP contribution in [0.15, 0.2) is 15.6 Å². The average molecular weight is 337 g/mol. The average Bonchev–Trinajstić information content (AvgIpc) is 3.04. The molecule has 1 saturated heterocycles. The highest BCUT2D eigenvalue weighted by Crippen LogP contribution is 2.42. The predicted molar refractivity (Wildman–Crippen MR) is 95.9 cm³/mol. The number of aryl methyl sites for hydroxylation is 1. The van der Waals surface area contributed by atoms with Gasteiger partial charge in [0.1, 0.15) is 0 Å². The maximum atomic E-state index is 5.36. The van der Waals surface area contributed by atoms with Gasteiger partial charge in [-0.05, 0) is 19.3 Å². The van der Waals surface area contributed by atoms with Crippen molar-refractivity contribution >= 4 is 17.7 Å². The molecule has 3 rings (SSSR count). The van der Waals surface area contributed by atoms with Gasteiger partial charge in [-0.3, -0.25) is 4.99 Å². The van der Waals surface area contributed by atoms with Gasteiger partial charge in [0.05, 0.1) is 12.2 Å². The van der Waals surface area contributed by atoms with E-state index in [2.05, 4.69) is 39.1 Å². The lowest BCUT2D eigenvalue weighted by molar-refractivity contribution is 0.291. The number of aliphatic imine (C=N–C) groups is 1. The minimum Gasteiger partial charge on any atom is -0.359 e. The SMILES string of the molecule is CCc1cc(CNC(=NC)N2CCSC3(CCCCC3)C2)on1. The van der Waals surface area contributed by atoms with Crippen molar-refractivity contribution in [2.45, 2.75) is 56.7 Å². The van der Waals surface area contributed by atoms with Crippen molar-refractivity contribution in [3.05, 3.63) is 17.5 Å². The molecule has 0 amide bonds. The second-order valence-corrected chi connectivity index (χ2v) is 8.12. The molecule has 2 aliphatic rings. The summed E-state index contributed by atoms with van der Waals surface area (Å²) in [5, 5.41) is 7.50. The number of nitrogens with one attached hydrogen (secondary N) is 1. The molecule has 0 bridgehead atoms. The molecule has 0 radical (unpaired) electrons. The van der Waals surface area contributed by atoms with Crippen LogP contribution >= 0.6 is 11.8 Å². The minimum absolute atomic E-state index is 0.454. The van der Waals surface area contributed by atoms with Crippen LogP contribution in [0.4, 0.5) is 0 Å². The Balaban J connectivity index is 1.59. The zero-order valence-corrected chi connectivity index (χ0v) is 15.1. The lowest BCUT2D eigenvalue weighted by Gasteiger charge is -2.45. The molecule has 1 aliphatic heterocycles. The molecule has 1 N–H and O–H groups in total. The highest BCUT2D eigenvalue weighted by molar-refractivity contribution is 8.00. The smallest absolute Gasteiger partial charge is 0.194 e. The molecule has 1 spiro atoms. The Bertz CT molecular complexity index is 531. The van der Waals surface area contributed by atoms with Crippen LogP contribution in [0.3, 0.4) is 0 Å². The number of hydrogen-bond donors (Lipinski definition) is 1. The van der Waals surface area contributed by atoms with Crippen LogP contribution in [0, 0.1) is 0 Å². The highest BCUT2D eigenvalue weighted by Gasteiger charge is 2.38. The van der Waals surface area contributed by atoms with Crippen molar-refractivity contribution in [3.63, 3.8) is 0 Å². The van der Waals surface area contributed by atoms with Gasteiger partial charge >= 0.3 is 0 Å². The first-order valence-electron chi connectivity index (χ1n) is 8.79. The van der Waals surface area contributed by atoms with Crippen LogP contribution < -0.4 is 5.32 Å². The Morgan fingerprint density at radius 2 is 2.26 bits per heavy atom. The van der Waals surface area contributed by atoms with Gasteiger partial charge in [0.25, 0.3) is 0 Å². The Kier molecular flexibility index (Phi) is 5.51. The van der Waals surface area contributed by atoms with E-state index in [1.54, 1.807) is 0 Å². The molecule has 0 unspecified atom stereocenters. The first kappa shape index (κ1) is 16.7. The lowest BCUT2D eigenvalue weighted by atomic mass is 9.87. The molecule has 1 aromatic rings. The zero-order chi connectivity index (χ0) is 16.1. The molecule has 1 aliphatic carbocycles. The number of thioether (sulfide) groups is 1. The van der Waals surface area contributed by atoms with Gasteiger partial charge in [0.2, 0.25) is 0 Å². The van der Waals surface area contributed by atoms with Gasteiger partial charge in [0, 0.05) is 36.7 Å². The van der Waals surface area contributed by atoms with Crippen LogP contribution in [0.1, 0.15) is 50.5 Å². The summed E-state index contributed by atoms with van der Waals surface area (Å²) in [6.45, 7) is 4.93. The van der Waals surface area contributed by atoms with E-state index in [0.717, 1.165) is 36.9 Å². The summed E-state index contributed by atoms with van der Waals surface area (Å²) in [5.41, 5.74) is 1.01. The van der Waals surface area contributed by atoms with E-state index in [4.69, 9.17) is 4.52 Å². The van der Waals surface area contributed by atoms with E-state index in [-0.39, 0.29) is 0 Å². The Labute approximate surface area is 143 Å². The number of nitrogens with zero attached hydrogens (tertiary/aromatic N) is 3. The molecule has 6 heteroatoms. The summed E-state index contributed by atoms with van der Waals surface area (Å²) in [7, 11) is 1.87. The Morgan fingerprint density at radius 3 is 2.96 bits per heavy atom. The van der Waals surface area contributed by atoms with E-state index < -0.39 is 0 Å². The van der Waals surface area contributed by atoms with E-state index in [1.807, 2.05) is 13.1 Å². The molecular formula is C17H28N4OS. The van der Waals surface area contributed by atoms with Crippen molar-refractivity contribution < 1.29 is 4.52 Å². The summed E-state index contributed by atoms with van der Waals surface area (Å²) in [6, 6.07) is 2.02. The second-order valence-electron chi connectivity index (χ2n) is 6.55. The predicted octanol–water partition coefficient (Wildman–Crippen LogP) is 3.06. The topological polar surface area (TPSA) is 53.7 Å². The molecule has 2 heterocycles. The molecule has 5 nitrogen and oxygen atoms in total. The Hall–Kier alpha value is -1.17. The van der Waals surface area contributed by atoms with Gasteiger partial charge < -0.3 is 14.7 Å². The molecule has 1 saturated carbocycles. The molecule has 2 fully saturated rings. The van der Waals surface area contributed by atoms with Crippen LogP contribution in [0.25, 0.3) is 0 Å². The van der Waals surface area contributed by atoms with Crippen LogP contribution in [-0.4, -0.2) is 46.7 Å². The summed E-state index contributed by atoms with van der Waals surface area (Å²) < 4.78 is 5.81. The third kappa shape index (κ3) is 4.03. The van der Waals surface area contributed by atoms with Gasteiger partial charge in [0.15, 0.2) is 11.7 Å². The van der Waals surface area contributed by atoms with E-state index in [1.165, 1.54) is 37.9 Å². The number of rotatable bonds is 3. The van der Waals surface area contributed by atoms with Crippen molar-refractivity contribution in [2.24, 2.45) is 4.99 Å². The number of aromatic nitrogens is 1. The fourth-order valence-corrected chi connectivity index (χ4v) is 5.20. The summed E-state index contributed by atoms with van der Waals surface area (Å²) in [5.74, 6) is 3.06. The van der Waals surface area contributed by atoms with Gasteiger partial charge in [-0.25, -0.2) is 0 Å². The third-order valence-electron chi connectivity index (χ3n) is 4.92. The number of guanidine groups is 1. The van der Waals surface area contributed by atoms with Gasteiger partial charge in [-0.15, -0.1) is 0 Å². The fraction of sp³-hybridized carbons (Fsp3) is 0.765. The maximum absolute atomic E-state index is 5.36. The van der Waals surface area contributed by atoms with Crippen LogP contribution in [0.5, 0.6) is 0 Å². The minimum atomic E-state index is 0.454. The summed E-state index contributed by atoms with van der Waals surface area (Å²) in [6.07, 6.45) is 7.78. The van der Waals surface area contributed by atoms with Crippen molar-refractivity contribution in [2.75, 3.05) is 25.9 Å². The van der Waals surface area contributed by atoms with Crippen molar-refractivity contribution in [1.29, 1.82) is 0 Å². The molecule has 128 valence electrons. The van der Waals surface area contributed by atoms with Crippen molar-refractivity contribution in [1.82, 2.24) is 15.4 Å². The largest absolute Gasteiger partial charge is 0.359 e. The number of hydrogen-bond acceptors (Lipinski definition) is 4. The molecule has 23 heavy (non-hydrogen) atoms. The standard InChI is InChI=1S/C17H28N4OS/c1-3-14-11-15(22-20-14)12-19-16(18-2)21-9-10-23-17(13-21)7-5-4-6-8-17/h11H,3-10,12-13H2,1-2H3,(H,18,19). The first-order chi connectivity index (χ1) is 11.2. The fourth-order valence-electron chi connectivity index (χ4n) is 3.63. The lowest BCUT2D eigenvalue weighted by Crippen LogP contribution is -2.53. The van der Waals surface area contributed by atoms with E-state index in [9.17, 15) is 0 Å². The molecule has 1 aromatic heterocycles. The highest BCUT2D eigenvalue weighted by atomic mass is 32.2. The maximum Gasteiger partial charge on any atom is 0.194 e. The second kappa shape index (κ2) is 7.60. The quantitative estimate of drug-likeness (QED) is 0.679. The molecular weight excluding hydrogens is 308 g/mol. The van der Waals surface area contributed by atoms with Gasteiger partial charge in [-0.1, -0.05) is 31.3 Å². The third-order valence-corrected chi connectivity index (χ3v) is 6.45. The van der Waals surface area contributed by atoms with Gasteiger partial charge in [-0.2, -0.15) is 11.8 Å². The monoisotopic (exact) mass is 336 g/mol. The van der Waals surface area contributed by atoms with E-state index in [0.29, 0.717) is 11.3 Å². The van der Waals surface area contributed by atoms with Crippen molar-refractivity contribution in [3.8, 4) is 0 Å². The zero-order valence-electron chi connectivity index (χ0n) is 14.3. The first-order valence-corrected chi connectivity index (χ1v) is 9.77. The Morgan fingerprint density at radius 1 is 1.43 bits per heavy atom.